The van der Waals surface area contributed by atoms with E-state index in [9.17, 15) is 4.39 Å². The molecule has 0 aliphatic rings. The molecule has 0 spiro atoms. The topological polar surface area (TPSA) is 43.8 Å². The van der Waals surface area contributed by atoms with Gasteiger partial charge in [-0.15, -0.1) is 11.8 Å². The van der Waals surface area contributed by atoms with Crippen LogP contribution in [0.1, 0.15) is 11.7 Å². The van der Waals surface area contributed by atoms with Crippen LogP contribution in [0, 0.1) is 5.82 Å². The Morgan fingerprint density at radius 3 is 2.65 bits per heavy atom. The summed E-state index contributed by atoms with van der Waals surface area (Å²) in [5, 5.41) is 4.08. The molecule has 1 unspecified atom stereocenters. The third-order valence-corrected chi connectivity index (χ3v) is 3.61. The van der Waals surface area contributed by atoms with Crippen LogP contribution in [0.4, 0.5) is 4.39 Å². The summed E-state index contributed by atoms with van der Waals surface area (Å²) in [4.78, 5) is 1.02. The highest BCUT2D eigenvalue weighted by atomic mass is 32.2. The number of nitrogens with two attached hydrogens (primary N) is 1. The first-order valence-corrected chi connectivity index (χ1v) is 6.27. The minimum absolute atomic E-state index is 0.0717. The van der Waals surface area contributed by atoms with Gasteiger partial charge in [0.25, 0.3) is 0 Å². The maximum Gasteiger partial charge on any atom is 0.123 e. The number of rotatable bonds is 4. The van der Waals surface area contributed by atoms with E-state index in [4.69, 9.17) is 5.73 Å². The summed E-state index contributed by atoms with van der Waals surface area (Å²) in [6, 6.07) is 8.27. The van der Waals surface area contributed by atoms with Gasteiger partial charge in [0.1, 0.15) is 5.82 Å². The van der Waals surface area contributed by atoms with Crippen molar-refractivity contribution in [2.24, 2.45) is 12.8 Å². The predicted octanol–water partition coefficient (Wildman–Crippen LogP) is 2.35. The van der Waals surface area contributed by atoms with Crippen LogP contribution in [0.2, 0.25) is 0 Å². The molecule has 17 heavy (non-hydrogen) atoms. The van der Waals surface area contributed by atoms with Gasteiger partial charge in [0, 0.05) is 23.9 Å². The lowest BCUT2D eigenvalue weighted by Crippen LogP contribution is -2.16. The molecule has 3 nitrogen and oxygen atoms in total. The Bertz CT molecular complexity index is 481. The molecular formula is C12H14FN3S. The van der Waals surface area contributed by atoms with Crippen molar-refractivity contribution in [1.29, 1.82) is 0 Å². The van der Waals surface area contributed by atoms with Gasteiger partial charge in [-0.1, -0.05) is 0 Å². The van der Waals surface area contributed by atoms with Crippen LogP contribution in [0.25, 0.3) is 0 Å². The lowest BCUT2D eigenvalue weighted by molar-refractivity contribution is 0.626. The summed E-state index contributed by atoms with van der Waals surface area (Å²) in [5.41, 5.74) is 7.06. The average molecular weight is 251 g/mol. The molecule has 0 fully saturated rings. The standard InChI is InChI=1S/C12H14FN3S/c1-16-12(6-7-15-16)11(14)8-17-10-4-2-9(13)3-5-10/h2-7,11H,8,14H2,1H3. The molecule has 2 N–H and O–H groups in total. The van der Waals surface area contributed by atoms with Crippen molar-refractivity contribution in [3.05, 3.63) is 48.0 Å². The minimum Gasteiger partial charge on any atom is -0.322 e. The van der Waals surface area contributed by atoms with E-state index in [1.165, 1.54) is 12.1 Å². The van der Waals surface area contributed by atoms with Crippen molar-refractivity contribution in [3.63, 3.8) is 0 Å². The minimum atomic E-state index is -0.217. The van der Waals surface area contributed by atoms with Crippen molar-refractivity contribution >= 4 is 11.8 Å². The average Bonchev–Trinajstić information content (AvgIpc) is 2.74. The monoisotopic (exact) mass is 251 g/mol. The van der Waals surface area contributed by atoms with Gasteiger partial charge in [-0.05, 0) is 30.3 Å². The smallest absolute Gasteiger partial charge is 0.123 e. The van der Waals surface area contributed by atoms with E-state index in [1.54, 1.807) is 34.8 Å². The van der Waals surface area contributed by atoms with Gasteiger partial charge in [-0.2, -0.15) is 5.10 Å². The third-order valence-electron chi connectivity index (χ3n) is 2.48. The highest BCUT2D eigenvalue weighted by Gasteiger charge is 2.10. The number of benzene rings is 1. The van der Waals surface area contributed by atoms with Crippen LogP contribution in [-0.4, -0.2) is 15.5 Å². The predicted molar refractivity (Wildman–Crippen MR) is 67.3 cm³/mol. The SMILES string of the molecule is Cn1nccc1C(N)CSc1ccc(F)cc1. The quantitative estimate of drug-likeness (QED) is 0.848. The molecule has 0 aliphatic heterocycles. The van der Waals surface area contributed by atoms with E-state index in [-0.39, 0.29) is 11.9 Å². The molecule has 90 valence electrons. The van der Waals surface area contributed by atoms with Crippen molar-refractivity contribution in [2.45, 2.75) is 10.9 Å². The first-order valence-electron chi connectivity index (χ1n) is 5.28. The van der Waals surface area contributed by atoms with Crippen LogP contribution in [-0.2, 0) is 7.05 Å². The Morgan fingerprint density at radius 1 is 1.35 bits per heavy atom. The lowest BCUT2D eigenvalue weighted by Gasteiger charge is -2.11. The van der Waals surface area contributed by atoms with Crippen LogP contribution in [0.5, 0.6) is 0 Å². The maximum absolute atomic E-state index is 12.7. The maximum atomic E-state index is 12.7. The molecule has 0 saturated carbocycles. The van der Waals surface area contributed by atoms with E-state index in [2.05, 4.69) is 5.10 Å². The number of hydrogen-bond donors (Lipinski definition) is 1. The van der Waals surface area contributed by atoms with Gasteiger partial charge >= 0.3 is 0 Å². The lowest BCUT2D eigenvalue weighted by atomic mass is 10.2. The number of nitrogens with zero attached hydrogens (tertiary/aromatic N) is 2. The highest BCUT2D eigenvalue weighted by molar-refractivity contribution is 7.99. The van der Waals surface area contributed by atoms with Crippen LogP contribution >= 0.6 is 11.8 Å². The Balaban J connectivity index is 1.94. The second-order valence-electron chi connectivity index (χ2n) is 3.75. The molecule has 1 aromatic carbocycles. The number of halogens is 1. The van der Waals surface area contributed by atoms with Crippen LogP contribution < -0.4 is 5.73 Å². The largest absolute Gasteiger partial charge is 0.322 e. The summed E-state index contributed by atoms with van der Waals surface area (Å²) < 4.78 is 14.5. The third kappa shape index (κ3) is 3.08. The Hall–Kier alpha value is -1.33. The molecule has 0 bridgehead atoms. The van der Waals surface area contributed by atoms with E-state index in [1.807, 2.05) is 13.1 Å². The second-order valence-corrected chi connectivity index (χ2v) is 4.84. The zero-order valence-electron chi connectivity index (χ0n) is 9.51. The zero-order valence-corrected chi connectivity index (χ0v) is 10.3. The van der Waals surface area contributed by atoms with E-state index < -0.39 is 0 Å². The Labute approximate surface area is 104 Å². The Morgan fingerprint density at radius 2 is 2.06 bits per heavy atom. The molecule has 5 heteroatoms. The summed E-state index contributed by atoms with van der Waals surface area (Å²) in [6.07, 6.45) is 1.73. The van der Waals surface area contributed by atoms with Crippen molar-refractivity contribution < 1.29 is 4.39 Å². The van der Waals surface area contributed by atoms with E-state index in [0.717, 1.165) is 16.3 Å². The molecule has 0 amide bonds. The number of aryl methyl sites for hydroxylation is 1. The first kappa shape index (κ1) is 12.1. The summed E-state index contributed by atoms with van der Waals surface area (Å²) in [6.45, 7) is 0. The highest BCUT2D eigenvalue weighted by Crippen LogP contribution is 2.23. The summed E-state index contributed by atoms with van der Waals surface area (Å²) in [7, 11) is 1.87. The summed E-state index contributed by atoms with van der Waals surface area (Å²) >= 11 is 1.61. The Kier molecular flexibility index (Phi) is 3.81. The van der Waals surface area contributed by atoms with Gasteiger partial charge in [-0.3, -0.25) is 4.68 Å². The molecule has 2 rings (SSSR count). The molecule has 2 aromatic rings. The van der Waals surface area contributed by atoms with E-state index >= 15 is 0 Å². The second kappa shape index (κ2) is 5.33. The fraction of sp³-hybridized carbons (Fsp3) is 0.250. The first-order chi connectivity index (χ1) is 8.16. The zero-order chi connectivity index (χ0) is 12.3. The molecule has 1 heterocycles. The number of aromatic nitrogens is 2. The fourth-order valence-electron chi connectivity index (χ4n) is 1.55. The van der Waals surface area contributed by atoms with Gasteiger partial charge in [0.05, 0.1) is 11.7 Å². The molecule has 0 aliphatic carbocycles. The van der Waals surface area contributed by atoms with Gasteiger partial charge in [0.2, 0.25) is 0 Å². The van der Waals surface area contributed by atoms with E-state index in [0.29, 0.717) is 0 Å². The molecular weight excluding hydrogens is 237 g/mol. The van der Waals surface area contributed by atoms with Crippen molar-refractivity contribution in [2.75, 3.05) is 5.75 Å². The normalized spacial score (nSPS) is 12.6. The van der Waals surface area contributed by atoms with Crippen LogP contribution in [0.15, 0.2) is 41.4 Å². The van der Waals surface area contributed by atoms with Crippen molar-refractivity contribution in [1.82, 2.24) is 9.78 Å². The van der Waals surface area contributed by atoms with Crippen LogP contribution in [0.3, 0.4) is 0 Å². The van der Waals surface area contributed by atoms with Gasteiger partial charge < -0.3 is 5.73 Å². The summed E-state index contributed by atoms with van der Waals surface area (Å²) in [5.74, 6) is 0.524. The number of hydrogen-bond acceptors (Lipinski definition) is 3. The van der Waals surface area contributed by atoms with Gasteiger partial charge in [-0.25, -0.2) is 4.39 Å². The van der Waals surface area contributed by atoms with Gasteiger partial charge in [0.15, 0.2) is 0 Å². The molecule has 1 aromatic heterocycles. The number of thioether (sulfide) groups is 1. The molecule has 1 atom stereocenters. The molecule has 0 radical (unpaired) electrons. The molecule has 0 saturated heterocycles. The van der Waals surface area contributed by atoms with Crippen molar-refractivity contribution in [3.8, 4) is 0 Å². The fourth-order valence-corrected chi connectivity index (χ4v) is 2.42.